The molecule has 0 atom stereocenters. The summed E-state index contributed by atoms with van der Waals surface area (Å²) in [7, 11) is 1.60. The van der Waals surface area contributed by atoms with Gasteiger partial charge in [-0.1, -0.05) is 17.8 Å². The zero-order chi connectivity index (χ0) is 20.0. The summed E-state index contributed by atoms with van der Waals surface area (Å²) < 4.78 is 11.4. The topological polar surface area (TPSA) is 77.2 Å². The van der Waals surface area contributed by atoms with Gasteiger partial charge in [-0.15, -0.1) is 10.2 Å². The van der Waals surface area contributed by atoms with E-state index in [1.807, 2.05) is 25.1 Å². The maximum absolute atomic E-state index is 12.4. The van der Waals surface area contributed by atoms with Gasteiger partial charge in [0.25, 0.3) is 5.22 Å². The van der Waals surface area contributed by atoms with Crippen molar-refractivity contribution in [1.82, 2.24) is 10.2 Å². The zero-order valence-corrected chi connectivity index (χ0v) is 17.8. The molecule has 4 aliphatic rings. The second-order valence-electron chi connectivity index (χ2n) is 9.11. The average molecular weight is 414 g/mol. The van der Waals surface area contributed by atoms with Crippen LogP contribution in [0.3, 0.4) is 0 Å². The first-order chi connectivity index (χ1) is 14.0. The summed E-state index contributed by atoms with van der Waals surface area (Å²) in [5.74, 6) is 4.06. The van der Waals surface area contributed by atoms with Crippen LogP contribution in [0.25, 0.3) is 0 Å². The Bertz CT molecular complexity index is 890. The van der Waals surface area contributed by atoms with E-state index in [2.05, 4.69) is 15.5 Å². The molecular weight excluding hydrogens is 386 g/mol. The number of anilines is 1. The number of methoxy groups -OCH3 is 1. The highest BCUT2D eigenvalue weighted by molar-refractivity contribution is 7.99. The average Bonchev–Trinajstić information content (AvgIpc) is 3.16. The number of nitrogens with one attached hydrogen (secondary N) is 1. The third-order valence-electron chi connectivity index (χ3n) is 6.85. The van der Waals surface area contributed by atoms with E-state index in [4.69, 9.17) is 9.15 Å². The van der Waals surface area contributed by atoms with Crippen molar-refractivity contribution in [2.75, 3.05) is 18.2 Å². The van der Waals surface area contributed by atoms with E-state index in [-0.39, 0.29) is 17.1 Å². The number of thioether (sulfide) groups is 1. The van der Waals surface area contributed by atoms with Crippen molar-refractivity contribution < 1.29 is 13.9 Å². The van der Waals surface area contributed by atoms with Crippen LogP contribution in [-0.4, -0.2) is 29.0 Å². The zero-order valence-electron chi connectivity index (χ0n) is 16.9. The van der Waals surface area contributed by atoms with Crippen LogP contribution < -0.4 is 10.1 Å². The van der Waals surface area contributed by atoms with Crippen molar-refractivity contribution >= 4 is 23.4 Å². The third kappa shape index (κ3) is 3.65. The summed E-state index contributed by atoms with van der Waals surface area (Å²) in [6.07, 6.45) is 7.74. The molecule has 7 heteroatoms. The lowest BCUT2D eigenvalue weighted by atomic mass is 9.49. The van der Waals surface area contributed by atoms with E-state index in [1.54, 1.807) is 7.11 Å². The molecule has 29 heavy (non-hydrogen) atoms. The molecule has 1 aromatic heterocycles. The van der Waals surface area contributed by atoms with Crippen LogP contribution in [0.5, 0.6) is 5.75 Å². The van der Waals surface area contributed by atoms with Gasteiger partial charge in [0.15, 0.2) is 0 Å². The molecule has 6 nitrogen and oxygen atoms in total. The summed E-state index contributed by atoms with van der Waals surface area (Å²) in [5, 5.41) is 12.1. The fourth-order valence-electron chi connectivity index (χ4n) is 6.09. The first-order valence-corrected chi connectivity index (χ1v) is 11.4. The molecule has 0 aliphatic heterocycles. The predicted molar refractivity (Wildman–Crippen MR) is 111 cm³/mol. The molecule has 1 aromatic carbocycles. The maximum Gasteiger partial charge on any atom is 0.277 e. The molecule has 1 heterocycles. The van der Waals surface area contributed by atoms with E-state index in [1.165, 1.54) is 50.3 Å². The van der Waals surface area contributed by atoms with Gasteiger partial charge in [-0.25, -0.2) is 0 Å². The molecule has 1 N–H and O–H groups in total. The first kappa shape index (κ1) is 19.0. The van der Waals surface area contributed by atoms with Crippen molar-refractivity contribution in [3.05, 3.63) is 29.7 Å². The van der Waals surface area contributed by atoms with E-state index in [0.717, 1.165) is 29.2 Å². The second-order valence-corrected chi connectivity index (χ2v) is 10.0. The molecule has 0 radical (unpaired) electrons. The van der Waals surface area contributed by atoms with Crippen LogP contribution in [0.15, 0.2) is 27.8 Å². The molecule has 0 saturated heterocycles. The Morgan fingerprint density at radius 2 is 1.90 bits per heavy atom. The smallest absolute Gasteiger partial charge is 0.277 e. The Morgan fingerprint density at radius 3 is 2.55 bits per heavy atom. The van der Waals surface area contributed by atoms with Gasteiger partial charge < -0.3 is 14.5 Å². The van der Waals surface area contributed by atoms with Crippen molar-refractivity contribution in [2.24, 2.45) is 17.8 Å². The van der Waals surface area contributed by atoms with Gasteiger partial charge >= 0.3 is 0 Å². The minimum absolute atomic E-state index is 0.0950. The molecule has 0 spiro atoms. The molecule has 4 aliphatic carbocycles. The first-order valence-electron chi connectivity index (χ1n) is 10.4. The molecule has 154 valence electrons. The Labute approximate surface area is 175 Å². The summed E-state index contributed by atoms with van der Waals surface area (Å²) >= 11 is 1.30. The molecule has 1 amide bonds. The number of amides is 1. The number of aryl methyl sites for hydroxylation is 1. The minimum atomic E-state index is -0.117. The summed E-state index contributed by atoms with van der Waals surface area (Å²) in [6.45, 7) is 1.98. The van der Waals surface area contributed by atoms with Crippen molar-refractivity contribution in [1.29, 1.82) is 0 Å². The largest absolute Gasteiger partial charge is 0.495 e. The second kappa shape index (κ2) is 7.35. The maximum atomic E-state index is 12.4. The molecule has 6 rings (SSSR count). The summed E-state index contributed by atoms with van der Waals surface area (Å²) in [4.78, 5) is 12.4. The van der Waals surface area contributed by atoms with Crippen LogP contribution >= 0.6 is 11.8 Å². The number of carbonyl (C=O) groups excluding carboxylic acids is 1. The Balaban J connectivity index is 1.22. The van der Waals surface area contributed by atoms with Crippen LogP contribution in [0.4, 0.5) is 5.69 Å². The van der Waals surface area contributed by atoms with Crippen molar-refractivity contribution in [2.45, 2.75) is 56.1 Å². The van der Waals surface area contributed by atoms with Gasteiger partial charge in [0.1, 0.15) is 5.75 Å². The highest BCUT2D eigenvalue weighted by atomic mass is 32.2. The fourth-order valence-corrected chi connectivity index (χ4v) is 6.65. The molecule has 4 fully saturated rings. The Hall–Kier alpha value is -2.02. The van der Waals surface area contributed by atoms with Gasteiger partial charge in [0, 0.05) is 5.41 Å². The number of carbonyl (C=O) groups is 1. The number of ether oxygens (including phenoxy) is 1. The highest BCUT2D eigenvalue weighted by Crippen LogP contribution is 2.60. The molecule has 0 unspecified atom stereocenters. The minimum Gasteiger partial charge on any atom is -0.495 e. The molecule has 4 bridgehead atoms. The van der Waals surface area contributed by atoms with Gasteiger partial charge in [-0.3, -0.25) is 4.79 Å². The van der Waals surface area contributed by atoms with Crippen molar-refractivity contribution in [3.8, 4) is 5.75 Å². The molecule has 2 aromatic rings. The van der Waals surface area contributed by atoms with Gasteiger partial charge in [0.05, 0.1) is 18.6 Å². The standard InChI is InChI=1S/C22H27N3O3S/c1-13-3-4-18(27-2)17(5-13)23-19(26)12-29-21-25-24-20(28-21)22-9-14-6-15(10-22)8-16(7-14)11-22/h3-5,14-16H,6-12H2,1-2H3,(H,23,26). The van der Waals surface area contributed by atoms with E-state index in [9.17, 15) is 4.79 Å². The quantitative estimate of drug-likeness (QED) is 0.698. The number of hydrogen-bond donors (Lipinski definition) is 1. The summed E-state index contributed by atoms with van der Waals surface area (Å²) in [6, 6.07) is 5.71. The van der Waals surface area contributed by atoms with Crippen LogP contribution in [0.1, 0.15) is 50.0 Å². The van der Waals surface area contributed by atoms with Gasteiger partial charge in [0.2, 0.25) is 11.8 Å². The molecular formula is C22H27N3O3S. The normalized spacial score (nSPS) is 29.8. The van der Waals surface area contributed by atoms with Gasteiger partial charge in [-0.2, -0.15) is 0 Å². The van der Waals surface area contributed by atoms with Crippen LogP contribution in [0.2, 0.25) is 0 Å². The SMILES string of the molecule is COc1ccc(C)cc1NC(=O)CSc1nnc(C23CC4CC(CC(C4)C2)C3)o1. The number of nitrogens with zero attached hydrogens (tertiary/aromatic N) is 2. The van der Waals surface area contributed by atoms with Crippen LogP contribution in [0, 0.1) is 24.7 Å². The fraction of sp³-hybridized carbons (Fsp3) is 0.591. The predicted octanol–water partition coefficient (Wildman–Crippen LogP) is 4.59. The number of benzene rings is 1. The van der Waals surface area contributed by atoms with E-state index >= 15 is 0 Å². The lowest BCUT2D eigenvalue weighted by Crippen LogP contribution is -2.48. The Kier molecular flexibility index (Phi) is 4.81. The highest BCUT2D eigenvalue weighted by Gasteiger charge is 2.54. The monoisotopic (exact) mass is 413 g/mol. The lowest BCUT2D eigenvalue weighted by molar-refractivity contribution is -0.113. The number of aromatic nitrogens is 2. The van der Waals surface area contributed by atoms with E-state index < -0.39 is 0 Å². The lowest BCUT2D eigenvalue weighted by Gasteiger charge is -2.55. The Morgan fingerprint density at radius 1 is 1.21 bits per heavy atom. The number of rotatable bonds is 6. The molecule has 4 saturated carbocycles. The third-order valence-corrected chi connectivity index (χ3v) is 7.67. The van der Waals surface area contributed by atoms with Crippen molar-refractivity contribution in [3.63, 3.8) is 0 Å². The van der Waals surface area contributed by atoms with Crippen LogP contribution in [-0.2, 0) is 10.2 Å². The van der Waals surface area contributed by atoms with E-state index in [0.29, 0.717) is 16.7 Å². The summed E-state index contributed by atoms with van der Waals surface area (Å²) in [5.41, 5.74) is 1.83. The number of hydrogen-bond acceptors (Lipinski definition) is 6. The van der Waals surface area contributed by atoms with Gasteiger partial charge in [-0.05, 0) is 80.9 Å².